The topological polar surface area (TPSA) is 28.7 Å². The van der Waals surface area contributed by atoms with E-state index in [1.165, 1.54) is 6.07 Å². The monoisotopic (exact) mass is 270 g/mol. The molecule has 0 unspecified atom stereocenters. The zero-order valence-electron chi connectivity index (χ0n) is 10.8. The molecule has 3 rings (SSSR count). The van der Waals surface area contributed by atoms with Crippen molar-refractivity contribution in [2.24, 2.45) is 0 Å². The Morgan fingerprint density at radius 2 is 1.75 bits per heavy atom. The van der Waals surface area contributed by atoms with Gasteiger partial charge in [0.05, 0.1) is 0 Å². The van der Waals surface area contributed by atoms with Gasteiger partial charge in [0.25, 0.3) is 0 Å². The smallest absolute Gasteiger partial charge is 0.131 e. The van der Waals surface area contributed by atoms with Gasteiger partial charge >= 0.3 is 0 Å². The van der Waals surface area contributed by atoms with Crippen LogP contribution in [0.25, 0.3) is 22.4 Å². The minimum Gasteiger partial charge on any atom is -0.282 e. The van der Waals surface area contributed by atoms with E-state index in [1.807, 2.05) is 30.3 Å². The fourth-order valence-corrected chi connectivity index (χ4v) is 2.25. The van der Waals surface area contributed by atoms with E-state index in [0.717, 1.165) is 17.7 Å². The molecule has 0 aliphatic rings. The second-order valence-corrected chi connectivity index (χ2v) is 4.56. The van der Waals surface area contributed by atoms with Crippen LogP contribution in [0.5, 0.6) is 0 Å². The zero-order chi connectivity index (χ0) is 14.1. The number of halogens is 2. The highest BCUT2D eigenvalue weighted by Gasteiger charge is 2.17. The zero-order valence-corrected chi connectivity index (χ0v) is 10.8. The summed E-state index contributed by atoms with van der Waals surface area (Å²) in [7, 11) is 0. The molecule has 0 amide bonds. The van der Waals surface area contributed by atoms with Crippen LogP contribution in [0.2, 0.25) is 0 Å². The molecule has 0 bridgehead atoms. The second-order valence-electron chi connectivity index (χ2n) is 4.56. The molecule has 0 saturated carbocycles. The normalized spacial score (nSPS) is 10.8. The molecule has 100 valence electrons. The van der Waals surface area contributed by atoms with E-state index in [0.29, 0.717) is 17.0 Å². The number of hydrogen-bond acceptors (Lipinski definition) is 1. The number of hydrogen-bond donors (Lipinski definition) is 1. The van der Waals surface area contributed by atoms with Crippen molar-refractivity contribution in [3.05, 3.63) is 65.9 Å². The van der Waals surface area contributed by atoms with E-state index in [1.54, 1.807) is 6.92 Å². The van der Waals surface area contributed by atoms with Gasteiger partial charge in [0.15, 0.2) is 0 Å². The Balaban J connectivity index is 2.24. The predicted octanol–water partition coefficient (Wildman–Crippen LogP) is 4.33. The minimum absolute atomic E-state index is 0.218. The Morgan fingerprint density at radius 1 is 1.00 bits per heavy atom. The molecule has 0 aliphatic carbocycles. The number of aromatic amines is 1. The molecule has 20 heavy (non-hydrogen) atoms. The van der Waals surface area contributed by atoms with Crippen LogP contribution in [0.4, 0.5) is 8.78 Å². The van der Waals surface area contributed by atoms with E-state index in [4.69, 9.17) is 0 Å². The lowest BCUT2D eigenvalue weighted by Gasteiger charge is -2.06. The molecule has 0 radical (unpaired) electrons. The van der Waals surface area contributed by atoms with E-state index in [-0.39, 0.29) is 5.56 Å². The predicted molar refractivity (Wildman–Crippen MR) is 74.1 cm³/mol. The van der Waals surface area contributed by atoms with Gasteiger partial charge in [-0.1, -0.05) is 30.3 Å². The summed E-state index contributed by atoms with van der Waals surface area (Å²) in [6.45, 7) is 1.79. The number of benzene rings is 2. The Hall–Kier alpha value is -2.49. The first-order chi connectivity index (χ1) is 9.66. The summed E-state index contributed by atoms with van der Waals surface area (Å²) < 4.78 is 27.4. The number of nitrogens with zero attached hydrogens (tertiary/aromatic N) is 1. The lowest BCUT2D eigenvalue weighted by molar-refractivity contribution is 0.603. The molecule has 4 heteroatoms. The second kappa shape index (κ2) is 4.89. The Morgan fingerprint density at radius 3 is 2.50 bits per heavy atom. The van der Waals surface area contributed by atoms with Crippen LogP contribution < -0.4 is 0 Å². The Bertz CT molecular complexity index is 748. The molecule has 0 spiro atoms. The van der Waals surface area contributed by atoms with Crippen molar-refractivity contribution in [1.82, 2.24) is 10.2 Å². The average molecular weight is 270 g/mol. The number of aromatic nitrogens is 2. The van der Waals surface area contributed by atoms with Gasteiger partial charge in [-0.05, 0) is 25.1 Å². The molecular formula is C16H12F2N2. The molecule has 2 aromatic carbocycles. The first-order valence-corrected chi connectivity index (χ1v) is 6.22. The Labute approximate surface area is 115 Å². The lowest BCUT2D eigenvalue weighted by atomic mass is 9.99. The van der Waals surface area contributed by atoms with Crippen molar-refractivity contribution < 1.29 is 8.78 Å². The lowest BCUT2D eigenvalue weighted by Crippen LogP contribution is -1.89. The molecule has 1 aromatic heterocycles. The van der Waals surface area contributed by atoms with Gasteiger partial charge < -0.3 is 0 Å². The van der Waals surface area contributed by atoms with Gasteiger partial charge in [0.2, 0.25) is 0 Å². The van der Waals surface area contributed by atoms with Crippen LogP contribution in [0.1, 0.15) is 5.69 Å². The van der Waals surface area contributed by atoms with Gasteiger partial charge in [-0.15, -0.1) is 0 Å². The highest BCUT2D eigenvalue weighted by atomic mass is 19.1. The third-order valence-electron chi connectivity index (χ3n) is 3.19. The van der Waals surface area contributed by atoms with Crippen LogP contribution in [-0.4, -0.2) is 10.2 Å². The van der Waals surface area contributed by atoms with Crippen LogP contribution in [0, 0.1) is 18.6 Å². The van der Waals surface area contributed by atoms with Crippen molar-refractivity contribution in [2.75, 3.05) is 0 Å². The van der Waals surface area contributed by atoms with Gasteiger partial charge in [-0.2, -0.15) is 5.10 Å². The number of nitrogens with one attached hydrogen (secondary N) is 1. The van der Waals surface area contributed by atoms with Crippen LogP contribution in [0.3, 0.4) is 0 Å². The van der Waals surface area contributed by atoms with E-state index >= 15 is 0 Å². The molecule has 3 aromatic rings. The summed E-state index contributed by atoms with van der Waals surface area (Å²) in [6, 6.07) is 12.9. The van der Waals surface area contributed by atoms with Crippen LogP contribution >= 0.6 is 0 Å². The van der Waals surface area contributed by atoms with Gasteiger partial charge in [0, 0.05) is 22.4 Å². The molecular weight excluding hydrogens is 258 g/mol. The maximum absolute atomic E-state index is 14.0. The molecule has 2 nitrogen and oxygen atoms in total. The van der Waals surface area contributed by atoms with Crippen molar-refractivity contribution in [3.8, 4) is 22.4 Å². The van der Waals surface area contributed by atoms with E-state index < -0.39 is 11.6 Å². The number of aryl methyl sites for hydroxylation is 1. The summed E-state index contributed by atoms with van der Waals surface area (Å²) in [4.78, 5) is 0. The Kier molecular flexibility index (Phi) is 3.06. The van der Waals surface area contributed by atoms with E-state index in [2.05, 4.69) is 10.2 Å². The van der Waals surface area contributed by atoms with Gasteiger partial charge in [-0.3, -0.25) is 5.10 Å². The van der Waals surface area contributed by atoms with Crippen molar-refractivity contribution in [2.45, 2.75) is 6.92 Å². The summed E-state index contributed by atoms with van der Waals surface area (Å²) in [5, 5.41) is 7.06. The third-order valence-corrected chi connectivity index (χ3v) is 3.19. The molecule has 0 aliphatic heterocycles. The maximum Gasteiger partial charge on any atom is 0.131 e. The molecule has 1 heterocycles. The number of rotatable bonds is 2. The van der Waals surface area contributed by atoms with Crippen LogP contribution in [0.15, 0.2) is 48.5 Å². The van der Waals surface area contributed by atoms with Crippen LogP contribution in [-0.2, 0) is 0 Å². The van der Waals surface area contributed by atoms with Crippen molar-refractivity contribution >= 4 is 0 Å². The number of H-pyrrole nitrogens is 1. The largest absolute Gasteiger partial charge is 0.282 e. The molecule has 1 N–H and O–H groups in total. The highest BCUT2D eigenvalue weighted by molar-refractivity contribution is 5.82. The summed E-state index contributed by atoms with van der Waals surface area (Å²) in [5.74, 6) is -0.936. The maximum atomic E-state index is 14.0. The first-order valence-electron chi connectivity index (χ1n) is 6.22. The summed E-state index contributed by atoms with van der Waals surface area (Å²) in [5.41, 5.74) is 2.99. The van der Waals surface area contributed by atoms with Crippen molar-refractivity contribution in [3.63, 3.8) is 0 Å². The third kappa shape index (κ3) is 2.09. The molecule has 0 fully saturated rings. The first kappa shape index (κ1) is 12.5. The molecule has 0 saturated heterocycles. The van der Waals surface area contributed by atoms with Gasteiger partial charge in [-0.25, -0.2) is 8.78 Å². The standard InChI is InChI=1S/C16H12F2N2/c1-10-15(13-9-12(17)7-8-14(13)18)16(20-19-10)11-5-3-2-4-6-11/h2-9H,1H3,(H,19,20). The SMILES string of the molecule is Cc1[nH]nc(-c2ccccc2)c1-c1cc(F)ccc1F. The van der Waals surface area contributed by atoms with Crippen molar-refractivity contribution in [1.29, 1.82) is 0 Å². The molecule has 0 atom stereocenters. The fraction of sp³-hybridized carbons (Fsp3) is 0.0625. The fourth-order valence-electron chi connectivity index (χ4n) is 2.25. The summed E-state index contributed by atoms with van der Waals surface area (Å²) >= 11 is 0. The van der Waals surface area contributed by atoms with E-state index in [9.17, 15) is 8.78 Å². The highest BCUT2D eigenvalue weighted by Crippen LogP contribution is 2.34. The van der Waals surface area contributed by atoms with Gasteiger partial charge in [0.1, 0.15) is 17.3 Å². The quantitative estimate of drug-likeness (QED) is 0.737. The minimum atomic E-state index is -0.471. The average Bonchev–Trinajstić information content (AvgIpc) is 2.84. The summed E-state index contributed by atoms with van der Waals surface area (Å²) in [6.07, 6.45) is 0.